The van der Waals surface area contributed by atoms with Gasteiger partial charge in [-0.05, 0) is 30.1 Å². The lowest BCUT2D eigenvalue weighted by Gasteiger charge is -2.42. The summed E-state index contributed by atoms with van der Waals surface area (Å²) >= 11 is 0. The first kappa shape index (κ1) is 14.3. The predicted octanol–water partition coefficient (Wildman–Crippen LogP) is 3.96. The third-order valence-electron chi connectivity index (χ3n) is 4.92. The molecule has 0 heterocycles. The van der Waals surface area contributed by atoms with Gasteiger partial charge < -0.3 is 4.74 Å². The number of ether oxygens (including phenoxy) is 1. The van der Waals surface area contributed by atoms with E-state index in [0.717, 1.165) is 12.8 Å². The van der Waals surface area contributed by atoms with Gasteiger partial charge in [0.25, 0.3) is 0 Å². The fourth-order valence-electron chi connectivity index (χ4n) is 2.95. The number of hydrogen-bond donors (Lipinski definition) is 0. The molecule has 0 bridgehead atoms. The molecule has 2 heteroatoms. The molecule has 0 amide bonds. The highest BCUT2D eigenvalue weighted by Crippen LogP contribution is 2.56. The van der Waals surface area contributed by atoms with Gasteiger partial charge in [-0.15, -0.1) is 6.58 Å². The summed E-state index contributed by atoms with van der Waals surface area (Å²) in [6, 6.07) is 0. The summed E-state index contributed by atoms with van der Waals surface area (Å²) in [7, 11) is 0. The van der Waals surface area contributed by atoms with Crippen molar-refractivity contribution in [1.29, 1.82) is 0 Å². The van der Waals surface area contributed by atoms with Crippen LogP contribution in [0.1, 0.15) is 53.4 Å². The van der Waals surface area contributed by atoms with Crippen molar-refractivity contribution in [3.8, 4) is 0 Å². The van der Waals surface area contributed by atoms with Crippen LogP contribution in [0.2, 0.25) is 0 Å². The van der Waals surface area contributed by atoms with E-state index in [0.29, 0.717) is 6.61 Å². The van der Waals surface area contributed by atoms with E-state index in [4.69, 9.17) is 4.74 Å². The standard InChI is InChI=1S/C15H26O2/c1-6-7-11-17-13(16)12(2)15(5)10-8-9-14(15,3)4/h6,12H,1,7-11H2,2-5H3. The molecule has 0 aliphatic heterocycles. The van der Waals surface area contributed by atoms with Gasteiger partial charge in [0, 0.05) is 0 Å². The second kappa shape index (κ2) is 5.24. The average Bonchev–Trinajstić information content (AvgIpc) is 2.53. The van der Waals surface area contributed by atoms with Crippen LogP contribution in [0, 0.1) is 16.7 Å². The normalized spacial score (nSPS) is 28.7. The zero-order valence-electron chi connectivity index (χ0n) is 11.7. The monoisotopic (exact) mass is 238 g/mol. The molecule has 0 radical (unpaired) electrons. The lowest BCUT2D eigenvalue weighted by molar-refractivity contribution is -0.155. The molecule has 2 unspecified atom stereocenters. The van der Waals surface area contributed by atoms with Crippen molar-refractivity contribution in [3.05, 3.63) is 12.7 Å². The molecule has 2 atom stereocenters. The summed E-state index contributed by atoms with van der Waals surface area (Å²) in [5, 5.41) is 0. The topological polar surface area (TPSA) is 26.3 Å². The van der Waals surface area contributed by atoms with Crippen LogP contribution in [0.4, 0.5) is 0 Å². The Morgan fingerprint density at radius 3 is 2.53 bits per heavy atom. The van der Waals surface area contributed by atoms with Crippen LogP contribution in [-0.4, -0.2) is 12.6 Å². The molecule has 1 aliphatic carbocycles. The first-order chi connectivity index (χ1) is 7.85. The molecular formula is C15H26O2. The van der Waals surface area contributed by atoms with Gasteiger partial charge in [0.15, 0.2) is 0 Å². The Hall–Kier alpha value is -0.790. The van der Waals surface area contributed by atoms with Gasteiger partial charge in [0.1, 0.15) is 0 Å². The molecule has 17 heavy (non-hydrogen) atoms. The Balaban J connectivity index is 2.65. The van der Waals surface area contributed by atoms with Crippen molar-refractivity contribution in [3.63, 3.8) is 0 Å². The lowest BCUT2D eigenvalue weighted by atomic mass is 9.62. The summed E-state index contributed by atoms with van der Waals surface area (Å²) in [6.45, 7) is 12.9. The van der Waals surface area contributed by atoms with Crippen LogP contribution >= 0.6 is 0 Å². The minimum atomic E-state index is -0.0516. The first-order valence-corrected chi connectivity index (χ1v) is 6.63. The van der Waals surface area contributed by atoms with E-state index in [9.17, 15) is 4.79 Å². The maximum atomic E-state index is 12.0. The van der Waals surface area contributed by atoms with Gasteiger partial charge in [0.2, 0.25) is 0 Å². The smallest absolute Gasteiger partial charge is 0.309 e. The molecule has 1 aliphatic rings. The van der Waals surface area contributed by atoms with Crippen LogP contribution in [0.3, 0.4) is 0 Å². The van der Waals surface area contributed by atoms with E-state index in [-0.39, 0.29) is 22.7 Å². The highest BCUT2D eigenvalue weighted by molar-refractivity contribution is 5.73. The van der Waals surface area contributed by atoms with E-state index >= 15 is 0 Å². The number of hydrogen-bond acceptors (Lipinski definition) is 2. The van der Waals surface area contributed by atoms with E-state index < -0.39 is 0 Å². The van der Waals surface area contributed by atoms with Crippen molar-refractivity contribution in [2.24, 2.45) is 16.7 Å². The number of carbonyl (C=O) groups is 1. The zero-order valence-corrected chi connectivity index (χ0v) is 11.7. The first-order valence-electron chi connectivity index (χ1n) is 6.63. The minimum absolute atomic E-state index is 0.0233. The number of esters is 1. The molecule has 0 N–H and O–H groups in total. The summed E-state index contributed by atoms with van der Waals surface area (Å²) < 4.78 is 5.30. The Morgan fingerprint density at radius 2 is 2.06 bits per heavy atom. The molecule has 1 rings (SSSR count). The Morgan fingerprint density at radius 1 is 1.41 bits per heavy atom. The zero-order chi connectivity index (χ0) is 13.1. The molecule has 0 spiro atoms. The number of carbonyl (C=O) groups excluding carboxylic acids is 1. The average molecular weight is 238 g/mol. The molecular weight excluding hydrogens is 212 g/mol. The Bertz CT molecular complexity index is 293. The quantitative estimate of drug-likeness (QED) is 0.412. The van der Waals surface area contributed by atoms with Crippen molar-refractivity contribution in [2.45, 2.75) is 53.4 Å². The SMILES string of the molecule is C=CCCOC(=O)C(C)C1(C)CCCC1(C)C. The van der Waals surface area contributed by atoms with Crippen LogP contribution in [-0.2, 0) is 9.53 Å². The van der Waals surface area contributed by atoms with Gasteiger partial charge in [-0.2, -0.15) is 0 Å². The van der Waals surface area contributed by atoms with E-state index in [1.54, 1.807) is 6.08 Å². The van der Waals surface area contributed by atoms with Crippen LogP contribution in [0.5, 0.6) is 0 Å². The van der Waals surface area contributed by atoms with Gasteiger partial charge in [-0.1, -0.05) is 40.2 Å². The van der Waals surface area contributed by atoms with E-state index in [1.165, 1.54) is 12.8 Å². The van der Waals surface area contributed by atoms with Gasteiger partial charge in [-0.3, -0.25) is 4.79 Å². The fourth-order valence-corrected chi connectivity index (χ4v) is 2.95. The Labute approximate surface area is 105 Å². The number of rotatable bonds is 5. The van der Waals surface area contributed by atoms with Crippen LogP contribution in [0.25, 0.3) is 0 Å². The maximum absolute atomic E-state index is 12.0. The fraction of sp³-hybridized carbons (Fsp3) is 0.800. The van der Waals surface area contributed by atoms with Gasteiger partial charge >= 0.3 is 5.97 Å². The minimum Gasteiger partial charge on any atom is -0.465 e. The van der Waals surface area contributed by atoms with Crippen molar-refractivity contribution in [2.75, 3.05) is 6.61 Å². The molecule has 0 aromatic heterocycles. The lowest BCUT2D eigenvalue weighted by Crippen LogP contribution is -2.40. The van der Waals surface area contributed by atoms with Gasteiger partial charge in [-0.25, -0.2) is 0 Å². The third kappa shape index (κ3) is 2.72. The highest BCUT2D eigenvalue weighted by atomic mass is 16.5. The summed E-state index contributed by atoms with van der Waals surface area (Å²) in [4.78, 5) is 12.0. The summed E-state index contributed by atoms with van der Waals surface area (Å²) in [5.74, 6) is -0.0749. The van der Waals surface area contributed by atoms with E-state index in [1.807, 2.05) is 6.92 Å². The molecule has 2 nitrogen and oxygen atoms in total. The molecule has 98 valence electrons. The molecule has 0 aromatic rings. The molecule has 0 aromatic carbocycles. The summed E-state index contributed by atoms with van der Waals surface area (Å²) in [5.41, 5.74) is 0.294. The van der Waals surface area contributed by atoms with Crippen LogP contribution in [0.15, 0.2) is 12.7 Å². The predicted molar refractivity (Wildman–Crippen MR) is 70.7 cm³/mol. The second-order valence-corrected chi connectivity index (χ2v) is 6.12. The molecule has 1 fully saturated rings. The second-order valence-electron chi connectivity index (χ2n) is 6.12. The highest BCUT2D eigenvalue weighted by Gasteiger charge is 2.50. The maximum Gasteiger partial charge on any atom is 0.309 e. The van der Waals surface area contributed by atoms with Gasteiger partial charge in [0.05, 0.1) is 12.5 Å². The van der Waals surface area contributed by atoms with E-state index in [2.05, 4.69) is 27.4 Å². The Kier molecular flexibility index (Phi) is 4.40. The third-order valence-corrected chi connectivity index (χ3v) is 4.92. The molecule has 0 saturated heterocycles. The van der Waals surface area contributed by atoms with Crippen molar-refractivity contribution >= 4 is 5.97 Å². The molecule has 1 saturated carbocycles. The summed E-state index contributed by atoms with van der Waals surface area (Å²) in [6.07, 6.45) is 6.05. The largest absolute Gasteiger partial charge is 0.465 e. The van der Waals surface area contributed by atoms with Crippen molar-refractivity contribution < 1.29 is 9.53 Å². The van der Waals surface area contributed by atoms with Crippen molar-refractivity contribution in [1.82, 2.24) is 0 Å². The van der Waals surface area contributed by atoms with Crippen LogP contribution < -0.4 is 0 Å².